The van der Waals surface area contributed by atoms with E-state index >= 15 is 0 Å². The van der Waals surface area contributed by atoms with Crippen molar-refractivity contribution in [3.05, 3.63) is 11.7 Å². The molecule has 4 nitrogen and oxygen atoms in total. The molecule has 1 unspecified atom stereocenters. The molecule has 1 aliphatic heterocycles. The molecule has 1 aromatic rings. The van der Waals surface area contributed by atoms with Gasteiger partial charge in [0.1, 0.15) is 0 Å². The lowest BCUT2D eigenvalue weighted by Gasteiger charge is -2.18. The predicted octanol–water partition coefficient (Wildman–Crippen LogP) is 1.79. The number of nitrogens with one attached hydrogen (secondary N) is 1. The maximum atomic E-state index is 5.29. The second kappa shape index (κ2) is 3.35. The molecule has 0 aromatic carbocycles. The molecule has 0 spiro atoms. The molecule has 14 heavy (non-hydrogen) atoms. The molecule has 0 saturated carbocycles. The predicted molar refractivity (Wildman–Crippen MR) is 53.0 cm³/mol. The van der Waals surface area contributed by atoms with Crippen LogP contribution in [0.15, 0.2) is 4.52 Å². The van der Waals surface area contributed by atoms with Gasteiger partial charge in [-0.25, -0.2) is 0 Å². The summed E-state index contributed by atoms with van der Waals surface area (Å²) in [6, 6.07) is 0. The number of hydrogen-bond acceptors (Lipinski definition) is 4. The van der Waals surface area contributed by atoms with Crippen molar-refractivity contribution in [3.63, 3.8) is 0 Å². The molecule has 0 radical (unpaired) electrons. The number of hydrogen-bond donors (Lipinski definition) is 1. The summed E-state index contributed by atoms with van der Waals surface area (Å²) in [6.45, 7) is 7.30. The van der Waals surface area contributed by atoms with Gasteiger partial charge in [0.2, 0.25) is 5.89 Å². The van der Waals surface area contributed by atoms with E-state index in [1.54, 1.807) is 0 Å². The zero-order chi connectivity index (χ0) is 10.2. The van der Waals surface area contributed by atoms with E-state index in [0.717, 1.165) is 24.7 Å². The average molecular weight is 195 g/mol. The summed E-state index contributed by atoms with van der Waals surface area (Å²) in [5, 5.41) is 7.38. The highest BCUT2D eigenvalue weighted by atomic mass is 16.5. The molecule has 78 valence electrons. The molecule has 4 heteroatoms. The summed E-state index contributed by atoms with van der Waals surface area (Å²) in [4.78, 5) is 4.42. The first-order valence-electron chi connectivity index (χ1n) is 5.21. The SMILES string of the molecule is CC(C)c1noc(C2(C)CCCN2)n1. The summed E-state index contributed by atoms with van der Waals surface area (Å²) in [5.74, 6) is 1.87. The van der Waals surface area contributed by atoms with Crippen molar-refractivity contribution in [1.82, 2.24) is 15.5 Å². The fraction of sp³-hybridized carbons (Fsp3) is 0.800. The van der Waals surface area contributed by atoms with Crippen LogP contribution in [0.3, 0.4) is 0 Å². The highest BCUT2D eigenvalue weighted by Gasteiger charge is 2.35. The van der Waals surface area contributed by atoms with Crippen LogP contribution in [0.4, 0.5) is 0 Å². The normalized spacial score (nSPS) is 27.4. The number of aromatic nitrogens is 2. The van der Waals surface area contributed by atoms with Crippen LogP contribution in [0.25, 0.3) is 0 Å². The van der Waals surface area contributed by atoms with Crippen molar-refractivity contribution >= 4 is 0 Å². The molecule has 1 N–H and O–H groups in total. The van der Waals surface area contributed by atoms with Crippen LogP contribution in [-0.4, -0.2) is 16.7 Å². The molecule has 2 rings (SSSR count). The molecular formula is C10H17N3O. The van der Waals surface area contributed by atoms with Crippen molar-refractivity contribution in [2.45, 2.75) is 45.1 Å². The van der Waals surface area contributed by atoms with Gasteiger partial charge in [0.25, 0.3) is 0 Å². The van der Waals surface area contributed by atoms with Crippen molar-refractivity contribution < 1.29 is 4.52 Å². The van der Waals surface area contributed by atoms with Crippen LogP contribution in [0.5, 0.6) is 0 Å². The molecule has 1 fully saturated rings. The average Bonchev–Trinajstić information content (AvgIpc) is 2.71. The fourth-order valence-electron chi connectivity index (χ4n) is 1.77. The van der Waals surface area contributed by atoms with Gasteiger partial charge < -0.3 is 9.84 Å². The molecule has 0 aliphatic carbocycles. The van der Waals surface area contributed by atoms with Crippen LogP contribution in [0.2, 0.25) is 0 Å². The maximum absolute atomic E-state index is 5.29. The molecule has 0 bridgehead atoms. The Kier molecular flexibility index (Phi) is 2.31. The van der Waals surface area contributed by atoms with E-state index in [1.807, 2.05) is 0 Å². The minimum absolute atomic E-state index is 0.0971. The van der Waals surface area contributed by atoms with E-state index in [0.29, 0.717) is 5.92 Å². The highest BCUT2D eigenvalue weighted by molar-refractivity contribution is 5.05. The Hall–Kier alpha value is -0.900. The van der Waals surface area contributed by atoms with Gasteiger partial charge >= 0.3 is 0 Å². The van der Waals surface area contributed by atoms with Crippen molar-refractivity contribution in [2.24, 2.45) is 0 Å². The minimum Gasteiger partial charge on any atom is -0.337 e. The Bertz CT molecular complexity index is 313. The Balaban J connectivity index is 2.23. The zero-order valence-electron chi connectivity index (χ0n) is 9.00. The first-order valence-corrected chi connectivity index (χ1v) is 5.21. The molecule has 0 amide bonds. The van der Waals surface area contributed by atoms with Crippen LogP contribution in [-0.2, 0) is 5.54 Å². The minimum atomic E-state index is -0.0971. The zero-order valence-corrected chi connectivity index (χ0v) is 9.00. The van der Waals surface area contributed by atoms with Gasteiger partial charge in [-0.05, 0) is 26.3 Å². The van der Waals surface area contributed by atoms with E-state index in [1.165, 1.54) is 6.42 Å². The molecular weight excluding hydrogens is 178 g/mol. The lowest BCUT2D eigenvalue weighted by Crippen LogP contribution is -2.33. The Morgan fingerprint density at radius 3 is 2.79 bits per heavy atom. The Morgan fingerprint density at radius 2 is 2.29 bits per heavy atom. The van der Waals surface area contributed by atoms with E-state index in [4.69, 9.17) is 4.52 Å². The van der Waals surface area contributed by atoms with Crippen LogP contribution in [0, 0.1) is 0 Å². The van der Waals surface area contributed by atoms with Gasteiger partial charge in [-0.15, -0.1) is 0 Å². The summed E-state index contributed by atoms with van der Waals surface area (Å²) >= 11 is 0. The van der Waals surface area contributed by atoms with Gasteiger partial charge in [0.05, 0.1) is 5.54 Å². The molecule has 1 aromatic heterocycles. The third-order valence-corrected chi connectivity index (χ3v) is 2.80. The monoisotopic (exact) mass is 195 g/mol. The highest BCUT2D eigenvalue weighted by Crippen LogP contribution is 2.29. The molecule has 1 aliphatic rings. The summed E-state index contributed by atoms with van der Waals surface area (Å²) in [7, 11) is 0. The summed E-state index contributed by atoms with van der Waals surface area (Å²) in [6.07, 6.45) is 2.25. The van der Waals surface area contributed by atoms with Crippen LogP contribution in [0.1, 0.15) is 51.2 Å². The van der Waals surface area contributed by atoms with Gasteiger partial charge in [0.15, 0.2) is 5.82 Å². The van der Waals surface area contributed by atoms with Gasteiger partial charge in [-0.2, -0.15) is 4.98 Å². The number of nitrogens with zero attached hydrogens (tertiary/aromatic N) is 2. The van der Waals surface area contributed by atoms with Crippen molar-refractivity contribution in [2.75, 3.05) is 6.54 Å². The third kappa shape index (κ3) is 1.54. The van der Waals surface area contributed by atoms with Gasteiger partial charge in [0, 0.05) is 5.92 Å². The second-order valence-electron chi connectivity index (χ2n) is 4.47. The third-order valence-electron chi connectivity index (χ3n) is 2.80. The summed E-state index contributed by atoms with van der Waals surface area (Å²) in [5.41, 5.74) is -0.0971. The van der Waals surface area contributed by atoms with E-state index in [-0.39, 0.29) is 5.54 Å². The first kappa shape index (κ1) is 9.65. The maximum Gasteiger partial charge on any atom is 0.246 e. The first-order chi connectivity index (χ1) is 6.62. The van der Waals surface area contributed by atoms with Crippen LogP contribution < -0.4 is 5.32 Å². The van der Waals surface area contributed by atoms with E-state index in [9.17, 15) is 0 Å². The van der Waals surface area contributed by atoms with E-state index in [2.05, 4.69) is 36.2 Å². The Labute approximate surface area is 84.1 Å². The smallest absolute Gasteiger partial charge is 0.246 e. The standard InChI is InChI=1S/C10H17N3O/c1-7(2)8-12-9(14-13-8)10(3)5-4-6-11-10/h7,11H,4-6H2,1-3H3. The lowest BCUT2D eigenvalue weighted by molar-refractivity contribution is 0.274. The molecule has 1 saturated heterocycles. The van der Waals surface area contributed by atoms with Gasteiger partial charge in [-0.3, -0.25) is 0 Å². The topological polar surface area (TPSA) is 51.0 Å². The van der Waals surface area contributed by atoms with Crippen LogP contribution >= 0.6 is 0 Å². The summed E-state index contributed by atoms with van der Waals surface area (Å²) < 4.78 is 5.29. The van der Waals surface area contributed by atoms with Gasteiger partial charge in [-0.1, -0.05) is 19.0 Å². The van der Waals surface area contributed by atoms with Crippen molar-refractivity contribution in [3.8, 4) is 0 Å². The van der Waals surface area contributed by atoms with E-state index < -0.39 is 0 Å². The quantitative estimate of drug-likeness (QED) is 0.781. The molecule has 1 atom stereocenters. The fourth-order valence-corrected chi connectivity index (χ4v) is 1.77. The largest absolute Gasteiger partial charge is 0.337 e. The lowest BCUT2D eigenvalue weighted by atomic mass is 10.0. The van der Waals surface area contributed by atoms with Crippen molar-refractivity contribution in [1.29, 1.82) is 0 Å². The second-order valence-corrected chi connectivity index (χ2v) is 4.47. The number of rotatable bonds is 2. The Morgan fingerprint density at radius 1 is 1.50 bits per heavy atom. The molecule has 2 heterocycles.